The number of aromatic nitrogens is 2. The summed E-state index contributed by atoms with van der Waals surface area (Å²) in [6, 6.07) is 0. The van der Waals surface area contributed by atoms with Crippen LogP contribution in [0.5, 0.6) is 0 Å². The molecule has 0 saturated carbocycles. The van der Waals surface area contributed by atoms with E-state index in [-0.39, 0.29) is 22.8 Å². The zero-order valence-electron chi connectivity index (χ0n) is 16.5. The number of rotatable bonds is 7. The fourth-order valence-corrected chi connectivity index (χ4v) is 6.15. The molecule has 1 N–H and O–H groups in total. The minimum absolute atomic E-state index is 0.0152. The monoisotopic (exact) mass is 421 g/mol. The van der Waals surface area contributed by atoms with Crippen LogP contribution in [0.3, 0.4) is 0 Å². The third kappa shape index (κ3) is 3.86. The lowest BCUT2D eigenvalue weighted by atomic mass is 10.2. The van der Waals surface area contributed by atoms with Crippen molar-refractivity contribution in [2.24, 2.45) is 0 Å². The Kier molecular flexibility index (Phi) is 6.08. The van der Waals surface area contributed by atoms with Gasteiger partial charge in [-0.3, -0.25) is 14.2 Å². The Morgan fingerprint density at radius 2 is 2.29 bits per heavy atom. The molecule has 152 valence electrons. The van der Waals surface area contributed by atoms with Crippen LogP contribution >= 0.6 is 23.1 Å². The number of hydrogen-bond donors (Lipinski definition) is 1. The van der Waals surface area contributed by atoms with Crippen LogP contribution in [-0.4, -0.2) is 40.0 Å². The molecule has 4 rings (SSSR count). The van der Waals surface area contributed by atoms with Crippen molar-refractivity contribution in [3.8, 4) is 0 Å². The van der Waals surface area contributed by atoms with Crippen molar-refractivity contribution in [3.63, 3.8) is 0 Å². The van der Waals surface area contributed by atoms with Crippen LogP contribution in [0.4, 0.5) is 0 Å². The molecular formula is C20H27N3O3S2. The van der Waals surface area contributed by atoms with E-state index in [0.717, 1.165) is 55.3 Å². The number of thioether (sulfide) groups is 1. The van der Waals surface area contributed by atoms with Gasteiger partial charge in [0.2, 0.25) is 5.91 Å². The van der Waals surface area contributed by atoms with Crippen LogP contribution in [-0.2, 0) is 28.9 Å². The van der Waals surface area contributed by atoms with E-state index in [1.165, 1.54) is 22.2 Å². The highest BCUT2D eigenvalue weighted by Crippen LogP contribution is 2.36. The van der Waals surface area contributed by atoms with Crippen LogP contribution in [0.1, 0.15) is 50.0 Å². The molecule has 0 radical (unpaired) electrons. The van der Waals surface area contributed by atoms with E-state index in [2.05, 4.69) is 5.32 Å². The van der Waals surface area contributed by atoms with Crippen molar-refractivity contribution >= 4 is 39.2 Å². The maximum absolute atomic E-state index is 13.4. The number of amides is 1. The normalized spacial score (nSPS) is 19.9. The number of hydrogen-bond acceptors (Lipinski definition) is 6. The van der Waals surface area contributed by atoms with Gasteiger partial charge in [-0.15, -0.1) is 11.3 Å². The molecule has 0 bridgehead atoms. The van der Waals surface area contributed by atoms with E-state index >= 15 is 0 Å². The van der Waals surface area contributed by atoms with Crippen molar-refractivity contribution in [1.82, 2.24) is 14.9 Å². The van der Waals surface area contributed by atoms with E-state index in [0.29, 0.717) is 18.2 Å². The maximum atomic E-state index is 13.4. The first kappa shape index (κ1) is 19.9. The van der Waals surface area contributed by atoms with Gasteiger partial charge in [0.15, 0.2) is 5.16 Å². The zero-order valence-corrected chi connectivity index (χ0v) is 18.1. The summed E-state index contributed by atoms with van der Waals surface area (Å²) >= 11 is 3.02. The number of carbonyl (C=O) groups excluding carboxylic acids is 1. The Morgan fingerprint density at radius 3 is 3.04 bits per heavy atom. The average Bonchev–Trinajstić information content (AvgIpc) is 3.39. The van der Waals surface area contributed by atoms with Crippen LogP contribution in [0.2, 0.25) is 0 Å². The second-order valence-electron chi connectivity index (χ2n) is 7.53. The Balaban J connectivity index is 1.70. The number of nitrogens with zero attached hydrogens (tertiary/aromatic N) is 2. The van der Waals surface area contributed by atoms with Gasteiger partial charge >= 0.3 is 0 Å². The van der Waals surface area contributed by atoms with Crippen molar-refractivity contribution < 1.29 is 9.53 Å². The lowest BCUT2D eigenvalue weighted by molar-refractivity contribution is -0.120. The average molecular weight is 422 g/mol. The molecule has 2 aromatic rings. The van der Waals surface area contributed by atoms with Gasteiger partial charge in [-0.1, -0.05) is 18.7 Å². The summed E-state index contributed by atoms with van der Waals surface area (Å²) in [4.78, 5) is 32.8. The minimum atomic E-state index is -0.307. The van der Waals surface area contributed by atoms with Gasteiger partial charge in [0.05, 0.1) is 23.3 Å². The molecule has 1 amide bonds. The quantitative estimate of drug-likeness (QED) is 0.549. The molecule has 8 heteroatoms. The molecule has 3 heterocycles. The first-order valence-electron chi connectivity index (χ1n) is 10.2. The SMILES string of the molecule is CCCNC(=O)[C@H](C)Sc1nc2sc3c(c2c(=O)n1C[C@H]1CCCO1)CCC3. The number of fused-ring (bicyclic) bond motifs is 3. The number of thiophene rings is 1. The van der Waals surface area contributed by atoms with Crippen molar-refractivity contribution in [2.45, 2.75) is 75.4 Å². The minimum Gasteiger partial charge on any atom is -0.376 e. The Labute approximate surface area is 173 Å². The zero-order chi connectivity index (χ0) is 19.7. The molecule has 2 atom stereocenters. The molecule has 0 spiro atoms. The molecule has 1 fully saturated rings. The van der Waals surface area contributed by atoms with E-state index < -0.39 is 0 Å². The van der Waals surface area contributed by atoms with Crippen LogP contribution in [0, 0.1) is 0 Å². The standard InChI is InChI=1S/C20H27N3O3S2/c1-3-9-21-17(24)12(2)27-20-22-18-16(14-7-4-8-15(14)28-18)19(25)23(20)11-13-6-5-10-26-13/h12-13H,3-11H2,1-2H3,(H,21,24)/t12-,13+/m0/s1. The second-order valence-corrected chi connectivity index (χ2v) is 9.93. The molecule has 2 aliphatic rings. The largest absolute Gasteiger partial charge is 0.376 e. The predicted molar refractivity (Wildman–Crippen MR) is 113 cm³/mol. The molecule has 1 aliphatic carbocycles. The lowest BCUT2D eigenvalue weighted by Gasteiger charge is -2.18. The fourth-order valence-electron chi connectivity index (χ4n) is 3.90. The molecule has 1 aliphatic heterocycles. The first-order chi connectivity index (χ1) is 13.6. The summed E-state index contributed by atoms with van der Waals surface area (Å²) in [6.45, 7) is 5.83. The van der Waals surface area contributed by atoms with Gasteiger partial charge < -0.3 is 10.1 Å². The molecule has 1 saturated heterocycles. The number of nitrogens with one attached hydrogen (secondary N) is 1. The smallest absolute Gasteiger partial charge is 0.263 e. The molecule has 2 aromatic heterocycles. The van der Waals surface area contributed by atoms with Gasteiger partial charge in [0.25, 0.3) is 5.56 Å². The lowest BCUT2D eigenvalue weighted by Crippen LogP contribution is -2.33. The molecule has 28 heavy (non-hydrogen) atoms. The Morgan fingerprint density at radius 1 is 1.43 bits per heavy atom. The summed E-state index contributed by atoms with van der Waals surface area (Å²) < 4.78 is 7.55. The molecular weight excluding hydrogens is 394 g/mol. The van der Waals surface area contributed by atoms with Gasteiger partial charge in [0, 0.05) is 18.0 Å². The van der Waals surface area contributed by atoms with Gasteiger partial charge in [-0.25, -0.2) is 4.98 Å². The molecule has 6 nitrogen and oxygen atoms in total. The summed E-state index contributed by atoms with van der Waals surface area (Å²) in [6.07, 6.45) is 6.07. The Bertz CT molecular complexity index is 931. The van der Waals surface area contributed by atoms with E-state index in [9.17, 15) is 9.59 Å². The van der Waals surface area contributed by atoms with Crippen molar-refractivity contribution in [2.75, 3.05) is 13.2 Å². The van der Waals surface area contributed by atoms with Crippen molar-refractivity contribution in [1.29, 1.82) is 0 Å². The van der Waals surface area contributed by atoms with Gasteiger partial charge in [0.1, 0.15) is 4.83 Å². The van der Waals surface area contributed by atoms with Crippen LogP contribution in [0.15, 0.2) is 9.95 Å². The predicted octanol–water partition coefficient (Wildman–Crippen LogP) is 3.13. The summed E-state index contributed by atoms with van der Waals surface area (Å²) in [5.41, 5.74) is 1.23. The Hall–Kier alpha value is -1.38. The summed E-state index contributed by atoms with van der Waals surface area (Å²) in [7, 11) is 0. The molecule has 0 unspecified atom stereocenters. The van der Waals surface area contributed by atoms with E-state index in [4.69, 9.17) is 9.72 Å². The number of aryl methyl sites for hydroxylation is 2. The van der Waals surface area contributed by atoms with Gasteiger partial charge in [-0.05, 0) is 51.0 Å². The highest BCUT2D eigenvalue weighted by Gasteiger charge is 2.27. The summed E-state index contributed by atoms with van der Waals surface area (Å²) in [5.74, 6) is -0.0152. The first-order valence-corrected chi connectivity index (χ1v) is 11.9. The van der Waals surface area contributed by atoms with Gasteiger partial charge in [-0.2, -0.15) is 0 Å². The third-order valence-electron chi connectivity index (χ3n) is 5.40. The van der Waals surface area contributed by atoms with E-state index in [1.807, 2.05) is 13.8 Å². The van der Waals surface area contributed by atoms with Crippen LogP contribution < -0.4 is 10.9 Å². The fraction of sp³-hybridized carbons (Fsp3) is 0.650. The summed E-state index contributed by atoms with van der Waals surface area (Å²) in [5, 5.41) is 4.05. The number of ether oxygens (including phenoxy) is 1. The third-order valence-corrected chi connectivity index (χ3v) is 7.68. The van der Waals surface area contributed by atoms with Crippen molar-refractivity contribution in [3.05, 3.63) is 20.8 Å². The molecule has 0 aromatic carbocycles. The highest BCUT2D eigenvalue weighted by atomic mass is 32.2. The second kappa shape index (κ2) is 8.55. The maximum Gasteiger partial charge on any atom is 0.263 e. The number of carbonyl (C=O) groups is 1. The topological polar surface area (TPSA) is 73.2 Å². The van der Waals surface area contributed by atoms with E-state index in [1.54, 1.807) is 15.9 Å². The van der Waals surface area contributed by atoms with Crippen LogP contribution in [0.25, 0.3) is 10.2 Å². The highest BCUT2D eigenvalue weighted by molar-refractivity contribution is 8.00.